The number of tetrazole rings is 1. The molecule has 1 fully saturated rings. The van der Waals surface area contributed by atoms with Gasteiger partial charge in [0.2, 0.25) is 5.82 Å². The Labute approximate surface area is 183 Å². The number of nitrogens with zero attached hydrogens (tertiary/aromatic N) is 5. The molecule has 2 heterocycles. The van der Waals surface area contributed by atoms with E-state index in [-0.39, 0.29) is 12.1 Å². The predicted octanol–water partition coefficient (Wildman–Crippen LogP) is 3.02. The fourth-order valence-electron chi connectivity index (χ4n) is 4.39. The normalized spacial score (nSPS) is 16.3. The molecule has 158 valence electrons. The van der Waals surface area contributed by atoms with Crippen LogP contribution in [0.2, 0.25) is 5.02 Å². The molecule has 3 aromatic rings. The molecule has 1 N–H and O–H groups in total. The van der Waals surface area contributed by atoms with Crippen LogP contribution in [0.4, 0.5) is 5.69 Å². The molecule has 0 amide bonds. The van der Waals surface area contributed by atoms with Crippen molar-refractivity contribution in [3.63, 3.8) is 0 Å². The number of rotatable bonds is 5. The van der Waals surface area contributed by atoms with Crippen molar-refractivity contribution in [1.29, 1.82) is 0 Å². The maximum absolute atomic E-state index is 6.65. The fourth-order valence-corrected chi connectivity index (χ4v) is 4.64. The van der Waals surface area contributed by atoms with Crippen LogP contribution in [-0.4, -0.2) is 46.4 Å². The lowest BCUT2D eigenvalue weighted by Crippen LogP contribution is -3.15. The minimum atomic E-state index is 0.0110. The van der Waals surface area contributed by atoms with Gasteiger partial charge in [-0.05, 0) is 61.4 Å². The van der Waals surface area contributed by atoms with Crippen molar-refractivity contribution < 1.29 is 4.90 Å². The van der Waals surface area contributed by atoms with Crippen LogP contribution in [0.15, 0.2) is 42.5 Å². The lowest BCUT2D eigenvalue weighted by molar-refractivity contribution is -0.927. The third kappa shape index (κ3) is 4.07. The second-order valence-electron chi connectivity index (χ2n) is 8.47. The Morgan fingerprint density at radius 2 is 1.77 bits per heavy atom. The van der Waals surface area contributed by atoms with Crippen LogP contribution >= 0.6 is 11.6 Å². The number of anilines is 1. The summed E-state index contributed by atoms with van der Waals surface area (Å²) in [7, 11) is 0. The van der Waals surface area contributed by atoms with Gasteiger partial charge in [-0.15, -0.1) is 5.10 Å². The minimum Gasteiger partial charge on any atom is -0.360 e. The summed E-state index contributed by atoms with van der Waals surface area (Å²) in [6, 6.07) is 15.0. The number of hydrogen-bond donors (Lipinski definition) is 1. The average Bonchev–Trinajstić information content (AvgIpc) is 3.22. The van der Waals surface area contributed by atoms with E-state index in [4.69, 9.17) is 11.6 Å². The molecular weight excluding hydrogens is 396 g/mol. The zero-order valence-electron chi connectivity index (χ0n) is 18.1. The molecule has 2 aromatic carbocycles. The Hall–Kier alpha value is -2.44. The van der Waals surface area contributed by atoms with Gasteiger partial charge < -0.3 is 9.80 Å². The average molecular weight is 426 g/mol. The zero-order chi connectivity index (χ0) is 21.3. The molecule has 0 saturated carbocycles. The van der Waals surface area contributed by atoms with E-state index in [1.807, 2.05) is 22.9 Å². The highest BCUT2D eigenvalue weighted by atomic mass is 35.5. The number of aromatic nitrogens is 4. The van der Waals surface area contributed by atoms with Crippen molar-refractivity contribution in [2.24, 2.45) is 0 Å². The molecule has 0 unspecified atom stereocenters. The van der Waals surface area contributed by atoms with Gasteiger partial charge >= 0.3 is 0 Å². The molecule has 0 bridgehead atoms. The summed E-state index contributed by atoms with van der Waals surface area (Å²) in [4.78, 5) is 3.95. The van der Waals surface area contributed by atoms with E-state index >= 15 is 0 Å². The molecule has 1 saturated heterocycles. The molecule has 1 atom stereocenters. The van der Waals surface area contributed by atoms with Crippen LogP contribution in [0, 0.1) is 13.8 Å². The smallest absolute Gasteiger partial charge is 0.214 e. The number of quaternary nitrogens is 1. The Kier molecular flexibility index (Phi) is 6.06. The largest absolute Gasteiger partial charge is 0.360 e. The van der Waals surface area contributed by atoms with Crippen LogP contribution < -0.4 is 9.80 Å². The molecule has 6 nitrogen and oxygen atoms in total. The van der Waals surface area contributed by atoms with Gasteiger partial charge in [-0.3, -0.25) is 0 Å². The van der Waals surface area contributed by atoms with Gasteiger partial charge in [0.1, 0.15) is 0 Å². The van der Waals surface area contributed by atoms with E-state index in [1.165, 1.54) is 21.7 Å². The van der Waals surface area contributed by atoms with Crippen molar-refractivity contribution in [1.82, 2.24) is 20.2 Å². The van der Waals surface area contributed by atoms with E-state index in [1.54, 1.807) is 0 Å². The molecule has 0 aliphatic carbocycles. The molecule has 0 radical (unpaired) electrons. The third-order valence-electron chi connectivity index (χ3n) is 6.00. The maximum atomic E-state index is 6.65. The minimum absolute atomic E-state index is 0.0110. The van der Waals surface area contributed by atoms with Gasteiger partial charge in [0.15, 0.2) is 6.04 Å². The van der Waals surface area contributed by atoms with Crippen LogP contribution in [0.1, 0.15) is 48.4 Å². The van der Waals surface area contributed by atoms with E-state index < -0.39 is 0 Å². The van der Waals surface area contributed by atoms with Gasteiger partial charge in [-0.1, -0.05) is 41.9 Å². The first-order valence-electron chi connectivity index (χ1n) is 10.6. The first-order chi connectivity index (χ1) is 14.5. The van der Waals surface area contributed by atoms with Crippen molar-refractivity contribution >= 4 is 17.3 Å². The molecule has 1 aromatic heterocycles. The van der Waals surface area contributed by atoms with Crippen LogP contribution in [0.25, 0.3) is 0 Å². The monoisotopic (exact) mass is 425 g/mol. The maximum Gasteiger partial charge on any atom is 0.214 e. The Bertz CT molecular complexity index is 1010. The van der Waals surface area contributed by atoms with Crippen LogP contribution in [-0.2, 0) is 0 Å². The number of hydrogen-bond acceptors (Lipinski definition) is 4. The number of aryl methyl sites for hydroxylation is 2. The highest BCUT2D eigenvalue weighted by molar-refractivity contribution is 6.31. The molecule has 1 aliphatic heterocycles. The molecule has 0 spiro atoms. The van der Waals surface area contributed by atoms with E-state index in [0.29, 0.717) is 0 Å². The summed E-state index contributed by atoms with van der Waals surface area (Å²) in [5, 5.41) is 13.5. The van der Waals surface area contributed by atoms with Gasteiger partial charge in [0.25, 0.3) is 0 Å². The highest BCUT2D eigenvalue weighted by Gasteiger charge is 2.36. The van der Waals surface area contributed by atoms with Gasteiger partial charge in [0.05, 0.1) is 37.2 Å². The van der Waals surface area contributed by atoms with E-state index in [0.717, 1.165) is 42.6 Å². The number of halogens is 1. The summed E-state index contributed by atoms with van der Waals surface area (Å²) < 4.78 is 1.93. The second kappa shape index (κ2) is 8.74. The summed E-state index contributed by atoms with van der Waals surface area (Å²) >= 11 is 6.65. The SMILES string of the molecule is Cc1ccc(C)c(N2CC[NH+]([C@@H](c3ccccc3Cl)c3nnnn3C(C)C)CC2)c1. The van der Waals surface area contributed by atoms with Crippen molar-refractivity contribution in [3.8, 4) is 0 Å². The second-order valence-corrected chi connectivity index (χ2v) is 8.87. The Morgan fingerprint density at radius 3 is 2.47 bits per heavy atom. The molecular formula is C23H30ClN6+. The summed E-state index contributed by atoms with van der Waals surface area (Å²) in [6.45, 7) is 12.5. The van der Waals surface area contributed by atoms with Gasteiger partial charge in [-0.2, -0.15) is 0 Å². The quantitative estimate of drug-likeness (QED) is 0.682. The third-order valence-corrected chi connectivity index (χ3v) is 6.35. The zero-order valence-corrected chi connectivity index (χ0v) is 18.9. The van der Waals surface area contributed by atoms with Crippen LogP contribution in [0.3, 0.4) is 0 Å². The molecule has 1 aliphatic rings. The van der Waals surface area contributed by atoms with E-state index in [9.17, 15) is 0 Å². The highest BCUT2D eigenvalue weighted by Crippen LogP contribution is 2.27. The fraction of sp³-hybridized carbons (Fsp3) is 0.435. The first kappa shape index (κ1) is 20.8. The predicted molar refractivity (Wildman–Crippen MR) is 120 cm³/mol. The topological polar surface area (TPSA) is 51.3 Å². The van der Waals surface area contributed by atoms with Gasteiger partial charge in [-0.25, -0.2) is 4.68 Å². The molecule has 30 heavy (non-hydrogen) atoms. The number of nitrogens with one attached hydrogen (secondary N) is 1. The first-order valence-corrected chi connectivity index (χ1v) is 11.0. The molecule has 7 heteroatoms. The Morgan fingerprint density at radius 1 is 1.03 bits per heavy atom. The summed E-state index contributed by atoms with van der Waals surface area (Å²) in [5.74, 6) is 0.883. The van der Waals surface area contributed by atoms with Gasteiger partial charge in [0, 0.05) is 11.3 Å². The number of benzene rings is 2. The Balaban J connectivity index is 1.64. The summed E-state index contributed by atoms with van der Waals surface area (Å²) in [6.07, 6.45) is 0. The lowest BCUT2D eigenvalue weighted by Gasteiger charge is -2.38. The standard InChI is InChI=1S/C23H29ClN6/c1-16(2)30-23(25-26-27-30)22(19-7-5-6-8-20(19)24)29-13-11-28(12-14-29)21-15-17(3)9-10-18(21)4/h5-10,15-16,22H,11-14H2,1-4H3/p+1/t22-/m0/s1. The van der Waals surface area contributed by atoms with Crippen molar-refractivity contribution in [2.45, 2.75) is 39.8 Å². The number of piperazine rings is 1. The van der Waals surface area contributed by atoms with Crippen molar-refractivity contribution in [3.05, 3.63) is 70.0 Å². The van der Waals surface area contributed by atoms with Crippen LogP contribution in [0.5, 0.6) is 0 Å². The van der Waals surface area contributed by atoms with Crippen molar-refractivity contribution in [2.75, 3.05) is 31.1 Å². The lowest BCUT2D eigenvalue weighted by atomic mass is 10.0. The van der Waals surface area contributed by atoms with E-state index in [2.05, 4.69) is 72.4 Å². The molecule has 4 rings (SSSR count). The summed E-state index contributed by atoms with van der Waals surface area (Å²) in [5.41, 5.74) is 5.06.